The summed E-state index contributed by atoms with van der Waals surface area (Å²) in [5.74, 6) is 0.675. The maximum absolute atomic E-state index is 12.8. The SMILES string of the molecule is Cc1cc(NC(=O)CN(CC(C)C)C(=O)c2ccccc2Br)no1. The first-order chi connectivity index (χ1) is 11.4. The van der Waals surface area contributed by atoms with Crippen molar-refractivity contribution in [3.05, 3.63) is 46.1 Å². The van der Waals surface area contributed by atoms with Gasteiger partial charge in [0.1, 0.15) is 12.3 Å². The largest absolute Gasteiger partial charge is 0.360 e. The molecule has 2 aromatic rings. The van der Waals surface area contributed by atoms with Gasteiger partial charge in [0.2, 0.25) is 5.91 Å². The average molecular weight is 394 g/mol. The number of amides is 2. The van der Waals surface area contributed by atoms with Crippen LogP contribution in [-0.4, -0.2) is 35.0 Å². The van der Waals surface area contributed by atoms with Crippen LogP contribution in [0.3, 0.4) is 0 Å². The number of carbonyl (C=O) groups excluding carboxylic acids is 2. The quantitative estimate of drug-likeness (QED) is 0.814. The van der Waals surface area contributed by atoms with Gasteiger partial charge in [0.15, 0.2) is 5.82 Å². The maximum atomic E-state index is 12.8. The molecule has 0 spiro atoms. The third-order valence-corrected chi connectivity index (χ3v) is 3.90. The summed E-state index contributed by atoms with van der Waals surface area (Å²) in [4.78, 5) is 26.5. The molecule has 0 bridgehead atoms. The Labute approximate surface area is 149 Å². The maximum Gasteiger partial charge on any atom is 0.255 e. The molecule has 0 aliphatic carbocycles. The summed E-state index contributed by atoms with van der Waals surface area (Å²) < 4.78 is 5.62. The van der Waals surface area contributed by atoms with E-state index in [-0.39, 0.29) is 24.3 Å². The summed E-state index contributed by atoms with van der Waals surface area (Å²) in [5.41, 5.74) is 0.531. The predicted octanol–water partition coefficient (Wildman–Crippen LogP) is 3.48. The molecule has 1 aromatic heterocycles. The van der Waals surface area contributed by atoms with Gasteiger partial charge in [-0.25, -0.2) is 0 Å². The van der Waals surface area contributed by atoms with Gasteiger partial charge in [0.25, 0.3) is 5.91 Å². The summed E-state index contributed by atoms with van der Waals surface area (Å²) in [6.07, 6.45) is 0. The number of carbonyl (C=O) groups is 2. The molecule has 128 valence electrons. The Hall–Kier alpha value is -2.15. The van der Waals surface area contributed by atoms with Crippen LogP contribution in [0.25, 0.3) is 0 Å². The second-order valence-electron chi connectivity index (χ2n) is 5.93. The van der Waals surface area contributed by atoms with Gasteiger partial charge in [-0.2, -0.15) is 0 Å². The second-order valence-corrected chi connectivity index (χ2v) is 6.78. The van der Waals surface area contributed by atoms with Crippen molar-refractivity contribution in [1.29, 1.82) is 0 Å². The van der Waals surface area contributed by atoms with E-state index in [4.69, 9.17) is 4.52 Å². The number of hydrogen-bond acceptors (Lipinski definition) is 4. The summed E-state index contributed by atoms with van der Waals surface area (Å²) in [6, 6.07) is 8.80. The lowest BCUT2D eigenvalue weighted by molar-refractivity contribution is -0.117. The van der Waals surface area contributed by atoms with Crippen LogP contribution in [0.15, 0.2) is 39.3 Å². The fourth-order valence-electron chi connectivity index (χ4n) is 2.25. The molecule has 0 saturated heterocycles. The molecular weight excluding hydrogens is 374 g/mol. The Morgan fingerprint density at radius 2 is 2.04 bits per heavy atom. The molecular formula is C17H20BrN3O3. The Bertz CT molecular complexity index is 727. The van der Waals surface area contributed by atoms with Crippen molar-refractivity contribution in [3.63, 3.8) is 0 Å². The van der Waals surface area contributed by atoms with Crippen molar-refractivity contribution in [2.75, 3.05) is 18.4 Å². The Morgan fingerprint density at radius 1 is 1.33 bits per heavy atom. The van der Waals surface area contributed by atoms with Crippen molar-refractivity contribution in [2.24, 2.45) is 5.92 Å². The highest BCUT2D eigenvalue weighted by molar-refractivity contribution is 9.10. The van der Waals surface area contributed by atoms with E-state index in [0.717, 1.165) is 0 Å². The van der Waals surface area contributed by atoms with E-state index in [1.807, 2.05) is 19.9 Å². The lowest BCUT2D eigenvalue weighted by Crippen LogP contribution is -2.40. The van der Waals surface area contributed by atoms with Crippen LogP contribution in [0.4, 0.5) is 5.82 Å². The van der Waals surface area contributed by atoms with Crippen LogP contribution in [0.5, 0.6) is 0 Å². The zero-order chi connectivity index (χ0) is 17.7. The lowest BCUT2D eigenvalue weighted by Gasteiger charge is -2.24. The zero-order valence-electron chi connectivity index (χ0n) is 13.9. The molecule has 1 heterocycles. The van der Waals surface area contributed by atoms with Gasteiger partial charge in [-0.3, -0.25) is 9.59 Å². The Morgan fingerprint density at radius 3 is 2.62 bits per heavy atom. The first kappa shape index (κ1) is 18.2. The summed E-state index contributed by atoms with van der Waals surface area (Å²) >= 11 is 3.38. The van der Waals surface area contributed by atoms with Crippen LogP contribution in [0.2, 0.25) is 0 Å². The third-order valence-electron chi connectivity index (χ3n) is 3.21. The monoisotopic (exact) mass is 393 g/mol. The highest BCUT2D eigenvalue weighted by atomic mass is 79.9. The molecule has 2 amide bonds. The average Bonchev–Trinajstić information content (AvgIpc) is 2.91. The van der Waals surface area contributed by atoms with Crippen molar-refractivity contribution in [2.45, 2.75) is 20.8 Å². The summed E-state index contributed by atoms with van der Waals surface area (Å²) in [5, 5.41) is 6.36. The molecule has 1 aromatic carbocycles. The molecule has 24 heavy (non-hydrogen) atoms. The fourth-order valence-corrected chi connectivity index (χ4v) is 2.70. The van der Waals surface area contributed by atoms with E-state index in [1.54, 1.807) is 31.2 Å². The summed E-state index contributed by atoms with van der Waals surface area (Å²) in [7, 11) is 0. The molecule has 0 aliphatic rings. The van der Waals surface area contributed by atoms with Gasteiger partial charge < -0.3 is 14.7 Å². The van der Waals surface area contributed by atoms with Crippen molar-refractivity contribution in [3.8, 4) is 0 Å². The minimum atomic E-state index is -0.315. The number of halogens is 1. The molecule has 2 rings (SSSR count). The molecule has 1 N–H and O–H groups in total. The van der Waals surface area contributed by atoms with E-state index in [1.165, 1.54) is 4.90 Å². The van der Waals surface area contributed by atoms with Gasteiger partial charge >= 0.3 is 0 Å². The molecule has 0 unspecified atom stereocenters. The molecule has 7 heteroatoms. The summed E-state index contributed by atoms with van der Waals surface area (Å²) in [6.45, 7) is 6.16. The number of aryl methyl sites for hydroxylation is 1. The lowest BCUT2D eigenvalue weighted by atomic mass is 10.1. The molecule has 0 atom stereocenters. The minimum absolute atomic E-state index is 0.0513. The second kappa shape index (κ2) is 8.10. The van der Waals surface area contributed by atoms with Crippen LogP contribution < -0.4 is 5.32 Å². The number of nitrogens with zero attached hydrogens (tertiary/aromatic N) is 2. The van der Waals surface area contributed by atoms with Gasteiger partial charge in [-0.1, -0.05) is 31.1 Å². The van der Waals surface area contributed by atoms with Crippen LogP contribution in [0, 0.1) is 12.8 Å². The Kier molecular flexibility index (Phi) is 6.14. The van der Waals surface area contributed by atoms with E-state index < -0.39 is 0 Å². The molecule has 6 nitrogen and oxygen atoms in total. The van der Waals surface area contributed by atoms with Gasteiger partial charge in [0.05, 0.1) is 5.56 Å². The normalized spacial score (nSPS) is 10.7. The third kappa shape index (κ3) is 4.92. The van der Waals surface area contributed by atoms with E-state index in [2.05, 4.69) is 26.4 Å². The molecule has 0 aliphatic heterocycles. The molecule has 0 radical (unpaired) electrons. The van der Waals surface area contributed by atoms with Crippen molar-refractivity contribution in [1.82, 2.24) is 10.1 Å². The highest BCUT2D eigenvalue weighted by Gasteiger charge is 2.22. The topological polar surface area (TPSA) is 75.4 Å². The minimum Gasteiger partial charge on any atom is -0.360 e. The van der Waals surface area contributed by atoms with E-state index >= 15 is 0 Å². The first-order valence-electron chi connectivity index (χ1n) is 7.63. The number of anilines is 1. The van der Waals surface area contributed by atoms with Crippen LogP contribution in [-0.2, 0) is 4.79 Å². The van der Waals surface area contributed by atoms with Crippen molar-refractivity contribution < 1.29 is 14.1 Å². The molecule has 0 fully saturated rings. The van der Waals surface area contributed by atoms with Crippen LogP contribution in [0.1, 0.15) is 30.0 Å². The molecule has 0 saturated carbocycles. The predicted molar refractivity (Wildman–Crippen MR) is 94.8 cm³/mol. The number of aromatic nitrogens is 1. The van der Waals surface area contributed by atoms with Gasteiger partial charge in [-0.15, -0.1) is 0 Å². The standard InChI is InChI=1S/C17H20BrN3O3/c1-11(2)9-21(17(23)13-6-4-5-7-14(13)18)10-16(22)19-15-8-12(3)24-20-15/h4-8,11H,9-10H2,1-3H3,(H,19,20,22). The first-order valence-corrected chi connectivity index (χ1v) is 8.43. The Balaban J connectivity index is 2.11. The number of rotatable bonds is 6. The van der Waals surface area contributed by atoms with Gasteiger partial charge in [0, 0.05) is 17.1 Å². The fraction of sp³-hybridized carbons (Fsp3) is 0.353. The number of benzene rings is 1. The smallest absolute Gasteiger partial charge is 0.255 e. The highest BCUT2D eigenvalue weighted by Crippen LogP contribution is 2.18. The van der Waals surface area contributed by atoms with Crippen LogP contribution >= 0.6 is 15.9 Å². The van der Waals surface area contributed by atoms with E-state index in [9.17, 15) is 9.59 Å². The number of nitrogens with one attached hydrogen (secondary N) is 1. The number of hydrogen-bond donors (Lipinski definition) is 1. The van der Waals surface area contributed by atoms with Crippen molar-refractivity contribution >= 4 is 33.6 Å². The van der Waals surface area contributed by atoms with E-state index in [0.29, 0.717) is 28.2 Å². The van der Waals surface area contributed by atoms with Gasteiger partial charge in [-0.05, 0) is 40.9 Å². The zero-order valence-corrected chi connectivity index (χ0v) is 15.5.